The number of hydrogen-bond acceptors (Lipinski definition) is 6. The Bertz CT molecular complexity index is 215. The summed E-state index contributed by atoms with van der Waals surface area (Å²) < 4.78 is 27.5. The maximum absolute atomic E-state index is 9.32. The number of hydrogen-bond donors (Lipinski definition) is 1. The van der Waals surface area contributed by atoms with E-state index in [4.69, 9.17) is 23.7 Å². The molecule has 6 nitrogen and oxygen atoms in total. The molecule has 0 aliphatic rings. The normalized spacial score (nSPS) is 14.2. The van der Waals surface area contributed by atoms with Crippen molar-refractivity contribution in [1.82, 2.24) is 0 Å². The van der Waals surface area contributed by atoms with Crippen LogP contribution in [0.4, 0.5) is 0 Å². The van der Waals surface area contributed by atoms with Gasteiger partial charge in [-0.25, -0.2) is 0 Å². The van der Waals surface area contributed by atoms with E-state index in [1.807, 2.05) is 6.92 Å². The Morgan fingerprint density at radius 3 is 1.91 bits per heavy atom. The molecule has 6 heteroatoms. The third kappa shape index (κ3) is 13.4. The largest absolute Gasteiger partial charge is 0.391 e. The number of unbranched alkanes of at least 4 members (excludes halogenated alkanes) is 2. The van der Waals surface area contributed by atoms with E-state index in [1.54, 1.807) is 0 Å². The zero-order chi connectivity index (χ0) is 16.5. The van der Waals surface area contributed by atoms with Gasteiger partial charge in [0.15, 0.2) is 12.6 Å². The van der Waals surface area contributed by atoms with Gasteiger partial charge in [-0.2, -0.15) is 0 Å². The lowest BCUT2D eigenvalue weighted by molar-refractivity contribution is -0.268. The highest BCUT2D eigenvalue weighted by atomic mass is 16.8. The molecule has 0 fully saturated rings. The highest BCUT2D eigenvalue weighted by Gasteiger charge is 2.17. The molecule has 2 unspecified atom stereocenters. The van der Waals surface area contributed by atoms with E-state index in [0.717, 1.165) is 25.7 Å². The number of aliphatic hydroxyl groups excluding tert-OH is 1. The van der Waals surface area contributed by atoms with Crippen molar-refractivity contribution in [1.29, 1.82) is 0 Å². The summed E-state index contributed by atoms with van der Waals surface area (Å²) in [5, 5.41) is 9.32. The lowest BCUT2D eigenvalue weighted by atomic mass is 10.4. The molecule has 0 aliphatic heterocycles. The van der Waals surface area contributed by atoms with Crippen molar-refractivity contribution < 1.29 is 28.8 Å². The number of aliphatic hydroxyl groups is 1. The molecule has 0 rings (SSSR count). The Hall–Kier alpha value is -0.240. The van der Waals surface area contributed by atoms with Gasteiger partial charge in [-0.3, -0.25) is 0 Å². The summed E-state index contributed by atoms with van der Waals surface area (Å²) in [7, 11) is 0. The first kappa shape index (κ1) is 21.8. The molecule has 0 saturated carbocycles. The third-order valence-corrected chi connectivity index (χ3v) is 2.89. The Balaban J connectivity index is 4.06. The van der Waals surface area contributed by atoms with Crippen LogP contribution < -0.4 is 0 Å². The monoisotopic (exact) mass is 322 g/mol. The van der Waals surface area contributed by atoms with Gasteiger partial charge in [0.25, 0.3) is 0 Å². The molecule has 0 spiro atoms. The molecule has 22 heavy (non-hydrogen) atoms. The summed E-state index contributed by atoms with van der Waals surface area (Å²) in [5.74, 6) is 0. The number of rotatable bonds is 17. The minimum absolute atomic E-state index is 0.198. The highest BCUT2D eigenvalue weighted by Crippen LogP contribution is 2.06. The lowest BCUT2D eigenvalue weighted by Crippen LogP contribution is -2.33. The predicted molar refractivity (Wildman–Crippen MR) is 84.8 cm³/mol. The standard InChI is InChI=1S/C16H34O6/c1-4-7-9-20-15(13-17)22-16(21-10-8-5-2)14-19-12-11-18-6-3/h15-17H,4-14H2,1-3H3. The molecule has 0 amide bonds. The van der Waals surface area contributed by atoms with Crippen LogP contribution in [0.3, 0.4) is 0 Å². The van der Waals surface area contributed by atoms with E-state index in [2.05, 4.69) is 13.8 Å². The Morgan fingerprint density at radius 1 is 0.773 bits per heavy atom. The second-order valence-corrected chi connectivity index (χ2v) is 4.90. The quantitative estimate of drug-likeness (QED) is 0.327. The van der Waals surface area contributed by atoms with Crippen LogP contribution in [0.5, 0.6) is 0 Å². The maximum Gasteiger partial charge on any atom is 0.184 e. The molecular formula is C16H34O6. The van der Waals surface area contributed by atoms with Gasteiger partial charge in [0.05, 0.1) is 26.4 Å². The molecule has 134 valence electrons. The molecule has 0 saturated heterocycles. The topological polar surface area (TPSA) is 66.4 Å². The van der Waals surface area contributed by atoms with Crippen LogP contribution in [0.25, 0.3) is 0 Å². The summed E-state index contributed by atoms with van der Waals surface area (Å²) >= 11 is 0. The van der Waals surface area contributed by atoms with Crippen LogP contribution in [-0.2, 0) is 23.7 Å². The van der Waals surface area contributed by atoms with Crippen LogP contribution in [0.1, 0.15) is 46.5 Å². The van der Waals surface area contributed by atoms with Gasteiger partial charge >= 0.3 is 0 Å². The Morgan fingerprint density at radius 2 is 1.36 bits per heavy atom. The maximum atomic E-state index is 9.32. The molecule has 0 bridgehead atoms. The fraction of sp³-hybridized carbons (Fsp3) is 1.00. The van der Waals surface area contributed by atoms with Crippen LogP contribution in [-0.4, -0.2) is 63.9 Å². The minimum atomic E-state index is -0.673. The first-order valence-electron chi connectivity index (χ1n) is 8.43. The molecule has 0 aromatic heterocycles. The van der Waals surface area contributed by atoms with Gasteiger partial charge in [-0.05, 0) is 19.8 Å². The first-order valence-corrected chi connectivity index (χ1v) is 8.43. The zero-order valence-electron chi connectivity index (χ0n) is 14.4. The molecular weight excluding hydrogens is 288 g/mol. The fourth-order valence-corrected chi connectivity index (χ4v) is 1.59. The summed E-state index contributed by atoms with van der Waals surface area (Å²) in [6.07, 6.45) is 2.77. The summed E-state index contributed by atoms with van der Waals surface area (Å²) in [5.41, 5.74) is 0. The van der Waals surface area contributed by atoms with Gasteiger partial charge in [0.2, 0.25) is 0 Å². The molecule has 0 heterocycles. The van der Waals surface area contributed by atoms with Crippen LogP contribution in [0.2, 0.25) is 0 Å². The van der Waals surface area contributed by atoms with E-state index in [1.165, 1.54) is 0 Å². The van der Waals surface area contributed by atoms with E-state index in [9.17, 15) is 5.11 Å². The molecule has 0 aliphatic carbocycles. The van der Waals surface area contributed by atoms with Crippen molar-refractivity contribution in [3.05, 3.63) is 0 Å². The third-order valence-electron chi connectivity index (χ3n) is 2.89. The Labute approximate surface area is 135 Å². The average Bonchev–Trinajstić information content (AvgIpc) is 2.53. The zero-order valence-corrected chi connectivity index (χ0v) is 14.4. The molecule has 0 aromatic carbocycles. The Kier molecular flexibility index (Phi) is 16.9. The molecule has 0 aromatic rings. The van der Waals surface area contributed by atoms with Crippen LogP contribution in [0.15, 0.2) is 0 Å². The summed E-state index contributed by atoms with van der Waals surface area (Å²) in [6, 6.07) is 0. The van der Waals surface area contributed by atoms with Crippen molar-refractivity contribution >= 4 is 0 Å². The average molecular weight is 322 g/mol. The smallest absolute Gasteiger partial charge is 0.184 e. The van der Waals surface area contributed by atoms with Crippen molar-refractivity contribution in [2.45, 2.75) is 59.0 Å². The first-order chi connectivity index (χ1) is 10.8. The van der Waals surface area contributed by atoms with Gasteiger partial charge in [-0.15, -0.1) is 0 Å². The van der Waals surface area contributed by atoms with E-state index < -0.39 is 12.6 Å². The molecule has 2 atom stereocenters. The van der Waals surface area contributed by atoms with Crippen molar-refractivity contribution in [3.63, 3.8) is 0 Å². The van der Waals surface area contributed by atoms with Gasteiger partial charge in [0.1, 0.15) is 0 Å². The van der Waals surface area contributed by atoms with Gasteiger partial charge in [-0.1, -0.05) is 26.7 Å². The SMILES string of the molecule is CCCCOC(CO)OC(COCCOCC)OCCCC. The summed E-state index contributed by atoms with van der Waals surface area (Å²) in [4.78, 5) is 0. The minimum Gasteiger partial charge on any atom is -0.391 e. The van der Waals surface area contributed by atoms with Crippen LogP contribution in [0, 0.1) is 0 Å². The van der Waals surface area contributed by atoms with E-state index in [0.29, 0.717) is 39.6 Å². The fourth-order valence-electron chi connectivity index (χ4n) is 1.59. The van der Waals surface area contributed by atoms with Gasteiger partial charge < -0.3 is 28.8 Å². The van der Waals surface area contributed by atoms with Crippen LogP contribution >= 0.6 is 0 Å². The van der Waals surface area contributed by atoms with Crippen molar-refractivity contribution in [2.24, 2.45) is 0 Å². The second-order valence-electron chi connectivity index (χ2n) is 4.90. The van der Waals surface area contributed by atoms with Crippen molar-refractivity contribution in [3.8, 4) is 0 Å². The molecule has 0 radical (unpaired) electrons. The van der Waals surface area contributed by atoms with E-state index >= 15 is 0 Å². The number of ether oxygens (including phenoxy) is 5. The highest BCUT2D eigenvalue weighted by molar-refractivity contribution is 4.49. The van der Waals surface area contributed by atoms with Gasteiger partial charge in [0, 0.05) is 19.8 Å². The predicted octanol–water partition coefficient (Wildman–Crippen LogP) is 2.33. The molecule has 1 N–H and O–H groups in total. The lowest BCUT2D eigenvalue weighted by Gasteiger charge is -2.24. The van der Waals surface area contributed by atoms with Crippen molar-refractivity contribution in [2.75, 3.05) is 46.2 Å². The summed E-state index contributed by atoms with van der Waals surface area (Å²) in [6.45, 7) is 9.11. The van der Waals surface area contributed by atoms with E-state index in [-0.39, 0.29) is 6.61 Å². The second kappa shape index (κ2) is 17.1.